The van der Waals surface area contributed by atoms with Crippen molar-refractivity contribution in [2.24, 2.45) is 5.92 Å². The number of nitrogens with one attached hydrogen (secondary N) is 1. The molecular weight excluding hydrogens is 448 g/mol. The Balaban J connectivity index is 1.35. The molecule has 3 rings (SSSR count). The molecule has 0 bridgehead atoms. The van der Waals surface area contributed by atoms with Gasteiger partial charge in [0, 0.05) is 25.4 Å². The number of carbonyl (C=O) groups is 1. The minimum atomic E-state index is -3.54. The van der Waals surface area contributed by atoms with Gasteiger partial charge in [-0.25, -0.2) is 13.1 Å². The maximum atomic E-state index is 12.6. The molecule has 0 aliphatic rings. The highest BCUT2D eigenvalue weighted by atomic mass is 32.2. The quantitative estimate of drug-likeness (QED) is 0.276. The molecule has 1 atom stereocenters. The van der Waals surface area contributed by atoms with Gasteiger partial charge in [0.25, 0.3) is 0 Å². The van der Waals surface area contributed by atoms with E-state index < -0.39 is 16.0 Å². The molecule has 0 saturated heterocycles. The van der Waals surface area contributed by atoms with E-state index >= 15 is 0 Å². The Bertz CT molecular complexity index is 1150. The summed E-state index contributed by atoms with van der Waals surface area (Å²) in [5, 5.41) is 11.1. The number of unbranched alkanes of at least 4 members (excludes halogenated alkanes) is 3. The number of aryl methyl sites for hydroxylation is 1. The summed E-state index contributed by atoms with van der Waals surface area (Å²) in [6.07, 6.45) is 11.1. The Kier molecular flexibility index (Phi) is 10.0. The normalized spacial score (nSPS) is 12.6. The molecule has 1 unspecified atom stereocenters. The molecule has 0 aliphatic heterocycles. The van der Waals surface area contributed by atoms with Crippen molar-refractivity contribution in [2.45, 2.75) is 62.7 Å². The number of fused-ring (bicyclic) bond motifs is 1. The summed E-state index contributed by atoms with van der Waals surface area (Å²) in [7, 11) is -3.54. The number of carboxylic acid groups (broad SMARTS) is 1. The molecule has 2 N–H and O–H groups in total. The van der Waals surface area contributed by atoms with Crippen LogP contribution in [0.2, 0.25) is 0 Å². The molecule has 0 radical (unpaired) electrons. The van der Waals surface area contributed by atoms with Crippen LogP contribution in [0, 0.1) is 5.92 Å². The highest BCUT2D eigenvalue weighted by molar-refractivity contribution is 7.89. The van der Waals surface area contributed by atoms with Crippen molar-refractivity contribution < 1.29 is 18.3 Å². The van der Waals surface area contributed by atoms with Gasteiger partial charge >= 0.3 is 5.97 Å². The van der Waals surface area contributed by atoms with Crippen molar-refractivity contribution in [3.05, 3.63) is 72.6 Å². The zero-order valence-corrected chi connectivity index (χ0v) is 20.3. The van der Waals surface area contributed by atoms with Crippen LogP contribution in [0.25, 0.3) is 10.8 Å². The van der Waals surface area contributed by atoms with E-state index in [4.69, 9.17) is 0 Å². The van der Waals surface area contributed by atoms with Gasteiger partial charge in [0.1, 0.15) is 0 Å². The van der Waals surface area contributed by atoms with Gasteiger partial charge in [-0.2, -0.15) is 0 Å². The summed E-state index contributed by atoms with van der Waals surface area (Å²) in [5.41, 5.74) is 1.21. The fourth-order valence-electron chi connectivity index (χ4n) is 4.26. The molecule has 6 nitrogen and oxygen atoms in total. The standard InChI is InChI=1S/C27H34N2O4S/c30-27(31)19-22(10-3-4-11-23-12-8-17-28-21-23)9-2-1-7-18-29-34(32,33)26-16-15-24-13-5-6-14-25(24)20-26/h5-6,8,12-17,20-22,29H,1-4,7,9-11,18-19H2,(H,30,31). The number of hydrogen-bond donors (Lipinski definition) is 2. The second-order valence-corrected chi connectivity index (χ2v) is 10.6. The van der Waals surface area contributed by atoms with Crippen molar-refractivity contribution in [3.63, 3.8) is 0 Å². The van der Waals surface area contributed by atoms with Crippen molar-refractivity contribution >= 4 is 26.8 Å². The van der Waals surface area contributed by atoms with Crippen LogP contribution in [0.3, 0.4) is 0 Å². The summed E-state index contributed by atoms with van der Waals surface area (Å²) in [6, 6.07) is 16.8. The maximum absolute atomic E-state index is 12.6. The summed E-state index contributed by atoms with van der Waals surface area (Å²) in [5.74, 6) is -0.582. The number of nitrogens with zero attached hydrogens (tertiary/aromatic N) is 1. The Morgan fingerprint density at radius 1 is 0.912 bits per heavy atom. The number of sulfonamides is 1. The van der Waals surface area contributed by atoms with Gasteiger partial charge in [-0.1, -0.05) is 55.7 Å². The van der Waals surface area contributed by atoms with E-state index in [0.717, 1.165) is 62.1 Å². The van der Waals surface area contributed by atoms with E-state index in [9.17, 15) is 18.3 Å². The first-order valence-corrected chi connectivity index (χ1v) is 13.5. The maximum Gasteiger partial charge on any atom is 0.303 e. The number of pyridine rings is 1. The van der Waals surface area contributed by atoms with E-state index in [0.29, 0.717) is 6.54 Å². The third-order valence-electron chi connectivity index (χ3n) is 6.13. The first kappa shape index (κ1) is 25.8. The van der Waals surface area contributed by atoms with Gasteiger partial charge in [-0.05, 0) is 72.6 Å². The Morgan fingerprint density at radius 2 is 1.68 bits per heavy atom. The van der Waals surface area contributed by atoms with Crippen LogP contribution in [0.5, 0.6) is 0 Å². The van der Waals surface area contributed by atoms with Crippen LogP contribution < -0.4 is 4.72 Å². The van der Waals surface area contributed by atoms with Gasteiger partial charge in [0.15, 0.2) is 0 Å². The summed E-state index contributed by atoms with van der Waals surface area (Å²) in [6.45, 7) is 0.379. The number of rotatable bonds is 15. The highest BCUT2D eigenvalue weighted by Gasteiger charge is 2.15. The van der Waals surface area contributed by atoms with Gasteiger partial charge in [-0.15, -0.1) is 0 Å². The molecule has 0 aliphatic carbocycles. The fourth-order valence-corrected chi connectivity index (χ4v) is 5.37. The second-order valence-electron chi connectivity index (χ2n) is 8.83. The molecule has 0 amide bonds. The second kappa shape index (κ2) is 13.2. The molecule has 3 aromatic rings. The highest BCUT2D eigenvalue weighted by Crippen LogP contribution is 2.22. The average molecular weight is 483 g/mol. The predicted molar refractivity (Wildman–Crippen MR) is 135 cm³/mol. The third kappa shape index (κ3) is 8.54. The van der Waals surface area contributed by atoms with Crippen molar-refractivity contribution in [2.75, 3.05) is 6.54 Å². The van der Waals surface area contributed by atoms with Gasteiger partial charge < -0.3 is 5.11 Å². The molecule has 7 heteroatoms. The van der Waals surface area contributed by atoms with Crippen LogP contribution >= 0.6 is 0 Å². The molecule has 1 aromatic heterocycles. The number of aliphatic carboxylic acids is 1. The molecule has 2 aromatic carbocycles. The molecular formula is C27H34N2O4S. The minimum absolute atomic E-state index is 0.167. The van der Waals surface area contributed by atoms with Gasteiger partial charge in [0.05, 0.1) is 4.90 Å². The van der Waals surface area contributed by atoms with E-state index in [2.05, 4.69) is 15.8 Å². The molecule has 34 heavy (non-hydrogen) atoms. The number of carboxylic acids is 1. The van der Waals surface area contributed by atoms with Crippen LogP contribution in [-0.2, 0) is 21.2 Å². The minimum Gasteiger partial charge on any atom is -0.481 e. The first-order chi connectivity index (χ1) is 16.4. The zero-order chi connectivity index (χ0) is 24.2. The lowest BCUT2D eigenvalue weighted by atomic mass is 9.92. The van der Waals surface area contributed by atoms with E-state index in [1.165, 1.54) is 5.56 Å². The van der Waals surface area contributed by atoms with Crippen molar-refractivity contribution in [1.82, 2.24) is 9.71 Å². The van der Waals surface area contributed by atoms with Crippen molar-refractivity contribution in [3.8, 4) is 0 Å². The summed E-state index contributed by atoms with van der Waals surface area (Å²) >= 11 is 0. The van der Waals surface area contributed by atoms with Gasteiger partial charge in [-0.3, -0.25) is 9.78 Å². The largest absolute Gasteiger partial charge is 0.481 e. The SMILES string of the molecule is O=C(O)CC(CCCCCNS(=O)(=O)c1ccc2ccccc2c1)CCCCc1cccnc1. The molecule has 0 saturated carbocycles. The van der Waals surface area contributed by atoms with E-state index in [1.807, 2.05) is 42.6 Å². The van der Waals surface area contributed by atoms with Gasteiger partial charge in [0.2, 0.25) is 10.0 Å². The molecule has 0 spiro atoms. The first-order valence-electron chi connectivity index (χ1n) is 12.0. The topological polar surface area (TPSA) is 96.4 Å². The van der Waals surface area contributed by atoms with Crippen molar-refractivity contribution in [1.29, 1.82) is 0 Å². The lowest BCUT2D eigenvalue weighted by Gasteiger charge is -2.15. The molecule has 0 fully saturated rings. The summed E-state index contributed by atoms with van der Waals surface area (Å²) in [4.78, 5) is 15.6. The predicted octanol–water partition coefficient (Wildman–Crippen LogP) is 5.58. The lowest BCUT2D eigenvalue weighted by molar-refractivity contribution is -0.138. The monoisotopic (exact) mass is 482 g/mol. The Labute approximate surface area is 202 Å². The Morgan fingerprint density at radius 3 is 2.41 bits per heavy atom. The fraction of sp³-hybridized carbons (Fsp3) is 0.407. The van der Waals surface area contributed by atoms with Crippen LogP contribution in [0.1, 0.15) is 56.9 Å². The molecule has 182 valence electrons. The third-order valence-corrected chi connectivity index (χ3v) is 7.59. The summed E-state index contributed by atoms with van der Waals surface area (Å²) < 4.78 is 27.9. The number of benzene rings is 2. The van der Waals surface area contributed by atoms with E-state index in [1.54, 1.807) is 18.3 Å². The molecule has 1 heterocycles. The van der Waals surface area contributed by atoms with E-state index in [-0.39, 0.29) is 17.2 Å². The number of hydrogen-bond acceptors (Lipinski definition) is 4. The number of aromatic nitrogens is 1. The Hall–Kier alpha value is -2.77. The zero-order valence-electron chi connectivity index (χ0n) is 19.5. The van der Waals surface area contributed by atoms with Crippen LogP contribution in [0.15, 0.2) is 71.9 Å². The van der Waals surface area contributed by atoms with Crippen LogP contribution in [0.4, 0.5) is 0 Å². The lowest BCUT2D eigenvalue weighted by Crippen LogP contribution is -2.24. The average Bonchev–Trinajstić information content (AvgIpc) is 2.83. The smallest absolute Gasteiger partial charge is 0.303 e. The van der Waals surface area contributed by atoms with Crippen LogP contribution in [-0.4, -0.2) is 31.0 Å².